The molecule has 0 atom stereocenters. The smallest absolute Gasteiger partial charge is 0.374 e. The summed E-state index contributed by atoms with van der Waals surface area (Å²) in [4.78, 5) is 16.0. The van der Waals surface area contributed by atoms with Gasteiger partial charge in [0, 0.05) is 6.07 Å². The van der Waals surface area contributed by atoms with E-state index < -0.39 is 10.5 Å². The third-order valence-corrected chi connectivity index (χ3v) is 3.63. The van der Waals surface area contributed by atoms with Crippen LogP contribution in [0.4, 0.5) is 9.57 Å². The molecule has 0 fully saturated rings. The second-order valence-electron chi connectivity index (χ2n) is 5.74. The van der Waals surface area contributed by atoms with Crippen molar-refractivity contribution in [1.82, 2.24) is 4.98 Å². The topological polar surface area (TPSA) is 94.6 Å². The van der Waals surface area contributed by atoms with Crippen LogP contribution in [0.15, 0.2) is 42.7 Å². The van der Waals surface area contributed by atoms with Crippen molar-refractivity contribution >= 4 is 22.1 Å². The molecule has 0 spiro atoms. The standard InChI is InChI=1S/C17H19FN2O5S/c1-12(2)24-11-14-6-4-3-5-13(14)7-17(21)20-15-8-16(10-19-9-15)25-26(18,22)23/h3-6,8-10,12H,7,11H2,1-2H3,(H,20,21). The Morgan fingerprint density at radius 3 is 2.58 bits per heavy atom. The third-order valence-electron chi connectivity index (χ3n) is 3.23. The molecule has 1 heterocycles. The maximum absolute atomic E-state index is 12.6. The lowest BCUT2D eigenvalue weighted by atomic mass is 10.0. The van der Waals surface area contributed by atoms with Crippen LogP contribution in [-0.4, -0.2) is 25.4 Å². The van der Waals surface area contributed by atoms with Crippen LogP contribution in [0.1, 0.15) is 25.0 Å². The zero-order valence-corrected chi connectivity index (χ0v) is 15.1. The highest BCUT2D eigenvalue weighted by Gasteiger charge is 2.12. The number of pyridine rings is 1. The normalized spacial score (nSPS) is 11.4. The summed E-state index contributed by atoms with van der Waals surface area (Å²) in [6, 6.07) is 8.56. The molecule has 1 N–H and O–H groups in total. The second-order valence-corrected chi connectivity index (χ2v) is 6.69. The molecule has 0 aliphatic carbocycles. The number of hydrogen-bond donors (Lipinski definition) is 1. The minimum absolute atomic E-state index is 0.0671. The number of anilines is 1. The Hall–Kier alpha value is -2.52. The summed E-state index contributed by atoms with van der Waals surface area (Å²) in [6.45, 7) is 4.24. The number of ether oxygens (including phenoxy) is 1. The highest BCUT2D eigenvalue weighted by Crippen LogP contribution is 2.18. The van der Waals surface area contributed by atoms with Gasteiger partial charge in [0.05, 0.1) is 37.2 Å². The van der Waals surface area contributed by atoms with Crippen molar-refractivity contribution in [3.05, 3.63) is 53.9 Å². The molecule has 0 unspecified atom stereocenters. The average molecular weight is 382 g/mol. The SMILES string of the molecule is CC(C)OCc1ccccc1CC(=O)Nc1cncc(OS(=O)(=O)F)c1. The third kappa shape index (κ3) is 6.77. The van der Waals surface area contributed by atoms with Gasteiger partial charge in [-0.15, -0.1) is 0 Å². The van der Waals surface area contributed by atoms with Gasteiger partial charge in [-0.2, -0.15) is 8.42 Å². The highest BCUT2D eigenvalue weighted by molar-refractivity contribution is 7.81. The Balaban J connectivity index is 2.04. The number of carbonyl (C=O) groups excluding carboxylic acids is 1. The Morgan fingerprint density at radius 2 is 1.92 bits per heavy atom. The molecule has 0 aliphatic rings. The number of nitrogens with one attached hydrogen (secondary N) is 1. The van der Waals surface area contributed by atoms with E-state index in [2.05, 4.69) is 14.5 Å². The molecular formula is C17H19FN2O5S. The Morgan fingerprint density at radius 1 is 1.23 bits per heavy atom. The molecule has 1 amide bonds. The molecule has 0 bridgehead atoms. The fourth-order valence-corrected chi connectivity index (χ4v) is 2.47. The number of benzene rings is 1. The molecule has 9 heteroatoms. The van der Waals surface area contributed by atoms with E-state index in [1.54, 1.807) is 0 Å². The van der Waals surface area contributed by atoms with Crippen LogP contribution in [0, 0.1) is 0 Å². The van der Waals surface area contributed by atoms with Gasteiger partial charge in [0.1, 0.15) is 0 Å². The Labute approximate surface area is 151 Å². The molecule has 26 heavy (non-hydrogen) atoms. The number of nitrogens with zero attached hydrogens (tertiary/aromatic N) is 1. The number of hydrogen-bond acceptors (Lipinski definition) is 6. The molecule has 2 aromatic rings. The number of halogens is 1. The highest BCUT2D eigenvalue weighted by atomic mass is 32.3. The molecule has 0 aliphatic heterocycles. The predicted octanol–water partition coefficient (Wildman–Crippen LogP) is 2.78. The molecule has 140 valence electrons. The summed E-state index contributed by atoms with van der Waals surface area (Å²) < 4.78 is 43.2. The van der Waals surface area contributed by atoms with E-state index >= 15 is 0 Å². The summed E-state index contributed by atoms with van der Waals surface area (Å²) in [5.41, 5.74) is 1.89. The summed E-state index contributed by atoms with van der Waals surface area (Å²) in [6.07, 6.45) is 2.47. The van der Waals surface area contributed by atoms with Crippen LogP contribution in [-0.2, 0) is 33.1 Å². The van der Waals surface area contributed by atoms with Crippen molar-refractivity contribution in [1.29, 1.82) is 0 Å². The lowest BCUT2D eigenvalue weighted by molar-refractivity contribution is -0.115. The van der Waals surface area contributed by atoms with E-state index in [-0.39, 0.29) is 29.9 Å². The van der Waals surface area contributed by atoms with Gasteiger partial charge in [-0.25, -0.2) is 0 Å². The van der Waals surface area contributed by atoms with Gasteiger partial charge in [-0.1, -0.05) is 28.2 Å². The fraction of sp³-hybridized carbons (Fsp3) is 0.294. The van der Waals surface area contributed by atoms with Crippen molar-refractivity contribution in [2.75, 3.05) is 5.32 Å². The summed E-state index contributed by atoms with van der Waals surface area (Å²) in [7, 11) is -5.16. The van der Waals surface area contributed by atoms with Crippen LogP contribution >= 0.6 is 0 Å². The van der Waals surface area contributed by atoms with Crippen molar-refractivity contribution in [3.8, 4) is 5.75 Å². The zero-order chi connectivity index (χ0) is 19.2. The van der Waals surface area contributed by atoms with Crippen LogP contribution in [0.5, 0.6) is 5.75 Å². The first kappa shape index (κ1) is 19.8. The number of carbonyl (C=O) groups is 1. The molecule has 2 rings (SSSR count). The molecule has 0 saturated carbocycles. The quantitative estimate of drug-likeness (QED) is 0.706. The van der Waals surface area contributed by atoms with Crippen molar-refractivity contribution < 1.29 is 26.0 Å². The second kappa shape index (κ2) is 8.72. The molecule has 7 nitrogen and oxygen atoms in total. The van der Waals surface area contributed by atoms with E-state index in [0.717, 1.165) is 23.4 Å². The number of amides is 1. The van der Waals surface area contributed by atoms with Crippen LogP contribution in [0.2, 0.25) is 0 Å². The minimum atomic E-state index is -5.16. The Bertz CT molecular complexity index is 871. The largest absolute Gasteiger partial charge is 0.488 e. The van der Waals surface area contributed by atoms with E-state index in [1.807, 2.05) is 38.1 Å². The summed E-state index contributed by atoms with van der Waals surface area (Å²) >= 11 is 0. The van der Waals surface area contributed by atoms with Crippen LogP contribution < -0.4 is 9.50 Å². The average Bonchev–Trinajstić information content (AvgIpc) is 2.52. The fourth-order valence-electron chi connectivity index (χ4n) is 2.15. The van der Waals surface area contributed by atoms with Gasteiger partial charge < -0.3 is 14.2 Å². The lowest BCUT2D eigenvalue weighted by Crippen LogP contribution is -2.16. The van der Waals surface area contributed by atoms with E-state index in [1.165, 1.54) is 6.20 Å². The first-order chi connectivity index (χ1) is 12.2. The van der Waals surface area contributed by atoms with Crippen LogP contribution in [0.25, 0.3) is 0 Å². The first-order valence-corrected chi connectivity index (χ1v) is 9.11. The van der Waals surface area contributed by atoms with E-state index in [4.69, 9.17) is 4.74 Å². The maximum Gasteiger partial charge on any atom is 0.488 e. The number of aromatic nitrogens is 1. The predicted molar refractivity (Wildman–Crippen MR) is 93.6 cm³/mol. The van der Waals surface area contributed by atoms with Crippen molar-refractivity contribution in [2.45, 2.75) is 33.0 Å². The van der Waals surface area contributed by atoms with Gasteiger partial charge in [-0.05, 0) is 25.0 Å². The van der Waals surface area contributed by atoms with Gasteiger partial charge in [0.2, 0.25) is 5.91 Å². The lowest BCUT2D eigenvalue weighted by Gasteiger charge is -2.12. The van der Waals surface area contributed by atoms with E-state index in [9.17, 15) is 17.1 Å². The Kier molecular flexibility index (Phi) is 6.64. The van der Waals surface area contributed by atoms with Gasteiger partial charge >= 0.3 is 10.5 Å². The number of rotatable bonds is 8. The molecule has 0 radical (unpaired) electrons. The van der Waals surface area contributed by atoms with Gasteiger partial charge in [0.15, 0.2) is 5.75 Å². The summed E-state index contributed by atoms with van der Waals surface area (Å²) in [5.74, 6) is -0.680. The monoisotopic (exact) mass is 382 g/mol. The van der Waals surface area contributed by atoms with Crippen molar-refractivity contribution in [2.24, 2.45) is 0 Å². The molecule has 0 saturated heterocycles. The van der Waals surface area contributed by atoms with Crippen LogP contribution in [0.3, 0.4) is 0 Å². The molecular weight excluding hydrogens is 363 g/mol. The minimum Gasteiger partial charge on any atom is -0.374 e. The maximum atomic E-state index is 12.6. The molecule has 1 aromatic heterocycles. The molecule has 1 aromatic carbocycles. The van der Waals surface area contributed by atoms with E-state index in [0.29, 0.717) is 6.61 Å². The van der Waals surface area contributed by atoms with Gasteiger partial charge in [0.25, 0.3) is 0 Å². The zero-order valence-electron chi connectivity index (χ0n) is 14.3. The summed E-state index contributed by atoms with van der Waals surface area (Å²) in [5, 5.41) is 2.57. The van der Waals surface area contributed by atoms with Gasteiger partial charge in [-0.3, -0.25) is 9.78 Å². The first-order valence-electron chi connectivity index (χ1n) is 7.80. The van der Waals surface area contributed by atoms with Crippen molar-refractivity contribution in [3.63, 3.8) is 0 Å².